The average Bonchev–Trinajstić information content (AvgIpc) is 2.18. The first-order valence-electron chi connectivity index (χ1n) is 4.51. The zero-order valence-corrected chi connectivity index (χ0v) is 8.68. The molecule has 80 valence electrons. The lowest BCUT2D eigenvalue weighted by Crippen LogP contribution is -2.50. The van der Waals surface area contributed by atoms with E-state index in [0.29, 0.717) is 19.4 Å². The normalized spacial score (nSPS) is 24.0. The van der Waals surface area contributed by atoms with Crippen LogP contribution in [0.5, 0.6) is 0 Å². The first kappa shape index (κ1) is 11.4. The maximum atomic E-state index is 11.1. The van der Waals surface area contributed by atoms with Crippen LogP contribution in [0.2, 0.25) is 0 Å². The molecule has 1 fully saturated rings. The molecule has 1 heterocycles. The fraction of sp³-hybridized carbons (Fsp3) is 0.875. The van der Waals surface area contributed by atoms with Gasteiger partial charge in [-0.05, 0) is 12.8 Å². The van der Waals surface area contributed by atoms with Crippen molar-refractivity contribution in [1.29, 1.82) is 5.26 Å². The Labute approximate surface area is 83.7 Å². The Kier molecular flexibility index (Phi) is 3.48. The van der Waals surface area contributed by atoms with E-state index in [0.717, 1.165) is 0 Å². The summed E-state index contributed by atoms with van der Waals surface area (Å²) in [5.74, 6) is 0.109. The van der Waals surface area contributed by atoms with Crippen molar-refractivity contribution in [2.45, 2.75) is 18.4 Å². The molecule has 2 N–H and O–H groups in total. The Morgan fingerprint density at radius 2 is 2.00 bits per heavy atom. The summed E-state index contributed by atoms with van der Waals surface area (Å²) in [4.78, 5) is 0. The van der Waals surface area contributed by atoms with Crippen LogP contribution in [0, 0.1) is 11.3 Å². The number of aliphatic hydroxyl groups excluding tert-OH is 1. The van der Waals surface area contributed by atoms with Gasteiger partial charge in [-0.1, -0.05) is 0 Å². The molecule has 1 aliphatic rings. The Morgan fingerprint density at radius 1 is 1.43 bits per heavy atom. The molecular weight excluding hydrogens is 204 g/mol. The van der Waals surface area contributed by atoms with Gasteiger partial charge in [0.2, 0.25) is 0 Å². The van der Waals surface area contributed by atoms with Crippen LogP contribution in [0.25, 0.3) is 0 Å². The van der Waals surface area contributed by atoms with E-state index in [1.54, 1.807) is 0 Å². The summed E-state index contributed by atoms with van der Waals surface area (Å²) in [5.41, 5.74) is -0.756. The highest BCUT2D eigenvalue weighted by atomic mass is 32.2. The second-order valence-corrected chi connectivity index (χ2v) is 5.80. The number of nitrogens with zero attached hydrogens (tertiary/aromatic N) is 1. The minimum absolute atomic E-state index is 0.0455. The van der Waals surface area contributed by atoms with Crippen LogP contribution < -0.4 is 5.32 Å². The number of nitrogens with one attached hydrogen (secondary N) is 1. The van der Waals surface area contributed by atoms with Crippen LogP contribution in [-0.4, -0.2) is 43.7 Å². The first-order valence-corrected chi connectivity index (χ1v) is 6.33. The molecule has 14 heavy (non-hydrogen) atoms. The van der Waals surface area contributed by atoms with E-state index in [2.05, 4.69) is 11.4 Å². The van der Waals surface area contributed by atoms with Crippen LogP contribution in [0.1, 0.15) is 12.8 Å². The number of hydrogen-bond donors (Lipinski definition) is 2. The molecule has 0 bridgehead atoms. The Morgan fingerprint density at radius 3 is 2.43 bits per heavy atom. The standard InChI is InChI=1S/C8H14N2O3S/c9-7-8(10-3-4-11)1-5-14(12,13)6-2-8/h10-11H,1-6H2. The number of aliphatic hydroxyl groups is 1. The smallest absolute Gasteiger partial charge is 0.150 e. The van der Waals surface area contributed by atoms with Crippen molar-refractivity contribution in [1.82, 2.24) is 5.32 Å². The number of β-amino-alcohol motifs (C(OH)–C–C–N with tert-alkyl or cyclic N) is 1. The summed E-state index contributed by atoms with van der Waals surface area (Å²) < 4.78 is 22.3. The van der Waals surface area contributed by atoms with Gasteiger partial charge in [0.1, 0.15) is 5.54 Å². The van der Waals surface area contributed by atoms with Gasteiger partial charge in [-0.25, -0.2) is 8.42 Å². The molecular formula is C8H14N2O3S. The molecule has 0 aliphatic carbocycles. The molecule has 0 atom stereocenters. The number of hydrogen-bond acceptors (Lipinski definition) is 5. The predicted octanol–water partition coefficient (Wildman–Crippen LogP) is -0.961. The highest BCUT2D eigenvalue weighted by molar-refractivity contribution is 7.91. The van der Waals surface area contributed by atoms with Gasteiger partial charge < -0.3 is 5.11 Å². The number of nitriles is 1. The number of rotatable bonds is 3. The fourth-order valence-corrected chi connectivity index (χ4v) is 3.03. The topological polar surface area (TPSA) is 90.2 Å². The summed E-state index contributed by atoms with van der Waals surface area (Å²) in [6.45, 7) is 0.282. The van der Waals surface area contributed by atoms with Gasteiger partial charge in [-0.3, -0.25) is 5.32 Å². The lowest BCUT2D eigenvalue weighted by atomic mass is 9.94. The Bertz CT molecular complexity index is 317. The van der Waals surface area contributed by atoms with Crippen molar-refractivity contribution >= 4 is 9.84 Å². The molecule has 6 heteroatoms. The zero-order chi connectivity index (χ0) is 10.7. The molecule has 0 amide bonds. The molecule has 0 spiro atoms. The molecule has 1 saturated heterocycles. The SMILES string of the molecule is N#CC1(NCCO)CCS(=O)(=O)CC1. The van der Waals surface area contributed by atoms with Crippen molar-refractivity contribution < 1.29 is 13.5 Å². The van der Waals surface area contributed by atoms with Crippen molar-refractivity contribution in [2.75, 3.05) is 24.7 Å². The molecule has 0 aromatic heterocycles. The molecule has 1 rings (SSSR count). The van der Waals surface area contributed by atoms with Gasteiger partial charge >= 0.3 is 0 Å². The lowest BCUT2D eigenvalue weighted by molar-refractivity contribution is 0.265. The highest BCUT2D eigenvalue weighted by Gasteiger charge is 2.36. The Balaban J connectivity index is 2.62. The van der Waals surface area contributed by atoms with Crippen molar-refractivity contribution in [3.63, 3.8) is 0 Å². The van der Waals surface area contributed by atoms with Gasteiger partial charge in [0.05, 0.1) is 24.2 Å². The van der Waals surface area contributed by atoms with E-state index in [1.807, 2.05) is 0 Å². The van der Waals surface area contributed by atoms with E-state index < -0.39 is 15.4 Å². The monoisotopic (exact) mass is 218 g/mol. The van der Waals surface area contributed by atoms with Gasteiger partial charge in [0, 0.05) is 6.54 Å². The van der Waals surface area contributed by atoms with Crippen molar-refractivity contribution in [2.24, 2.45) is 0 Å². The van der Waals surface area contributed by atoms with Crippen LogP contribution in [0.4, 0.5) is 0 Å². The summed E-state index contributed by atoms with van der Waals surface area (Å²) in [5, 5.41) is 20.5. The lowest BCUT2D eigenvalue weighted by Gasteiger charge is -2.31. The quantitative estimate of drug-likeness (QED) is 0.636. The minimum atomic E-state index is -2.94. The molecule has 1 aliphatic heterocycles. The van der Waals surface area contributed by atoms with Crippen LogP contribution in [0.15, 0.2) is 0 Å². The van der Waals surface area contributed by atoms with Crippen LogP contribution in [0.3, 0.4) is 0 Å². The van der Waals surface area contributed by atoms with E-state index in [1.165, 1.54) is 0 Å². The van der Waals surface area contributed by atoms with Crippen molar-refractivity contribution in [3.05, 3.63) is 0 Å². The maximum Gasteiger partial charge on any atom is 0.150 e. The largest absolute Gasteiger partial charge is 0.395 e. The van der Waals surface area contributed by atoms with E-state index in [4.69, 9.17) is 10.4 Å². The average molecular weight is 218 g/mol. The molecule has 0 aromatic carbocycles. The molecule has 0 unspecified atom stereocenters. The molecule has 5 nitrogen and oxygen atoms in total. The summed E-state index contributed by atoms with van der Waals surface area (Å²) in [6, 6.07) is 2.10. The second-order valence-electron chi connectivity index (χ2n) is 3.50. The summed E-state index contributed by atoms with van der Waals surface area (Å²) in [6.07, 6.45) is 0.623. The highest BCUT2D eigenvalue weighted by Crippen LogP contribution is 2.22. The predicted molar refractivity (Wildman–Crippen MR) is 51.3 cm³/mol. The second kappa shape index (κ2) is 4.26. The van der Waals surface area contributed by atoms with Gasteiger partial charge in [-0.15, -0.1) is 0 Å². The van der Waals surface area contributed by atoms with Crippen LogP contribution >= 0.6 is 0 Å². The van der Waals surface area contributed by atoms with E-state index in [9.17, 15) is 8.42 Å². The Hall–Kier alpha value is -0.640. The minimum Gasteiger partial charge on any atom is -0.395 e. The first-order chi connectivity index (χ1) is 6.54. The van der Waals surface area contributed by atoms with Gasteiger partial charge in [-0.2, -0.15) is 5.26 Å². The van der Waals surface area contributed by atoms with Crippen molar-refractivity contribution in [3.8, 4) is 6.07 Å². The van der Waals surface area contributed by atoms with E-state index in [-0.39, 0.29) is 18.1 Å². The van der Waals surface area contributed by atoms with Gasteiger partial charge in [0.15, 0.2) is 9.84 Å². The third-order valence-corrected chi connectivity index (χ3v) is 4.12. The zero-order valence-electron chi connectivity index (χ0n) is 7.86. The molecule has 0 aromatic rings. The molecule has 0 radical (unpaired) electrons. The molecule has 0 saturated carbocycles. The summed E-state index contributed by atoms with van der Waals surface area (Å²) >= 11 is 0. The number of sulfone groups is 1. The van der Waals surface area contributed by atoms with Crippen LogP contribution in [-0.2, 0) is 9.84 Å². The third-order valence-electron chi connectivity index (χ3n) is 2.47. The van der Waals surface area contributed by atoms with E-state index >= 15 is 0 Å². The third kappa shape index (κ3) is 2.67. The van der Waals surface area contributed by atoms with Gasteiger partial charge in [0.25, 0.3) is 0 Å². The summed E-state index contributed by atoms with van der Waals surface area (Å²) in [7, 11) is -2.94. The fourth-order valence-electron chi connectivity index (χ4n) is 1.51. The maximum absolute atomic E-state index is 11.1.